The van der Waals surface area contributed by atoms with E-state index in [4.69, 9.17) is 9.15 Å². The summed E-state index contributed by atoms with van der Waals surface area (Å²) in [6, 6.07) is 10.2. The Morgan fingerprint density at radius 2 is 2.17 bits per heavy atom. The fourth-order valence-electron chi connectivity index (χ4n) is 2.38. The molecule has 7 nitrogen and oxygen atoms in total. The molecular weight excluding hydrogens is 310 g/mol. The first kappa shape index (κ1) is 15.8. The Labute approximate surface area is 137 Å². The van der Waals surface area contributed by atoms with Crippen LogP contribution in [-0.2, 0) is 6.54 Å². The molecule has 124 valence electrons. The topological polar surface area (TPSA) is 86.4 Å². The van der Waals surface area contributed by atoms with Crippen LogP contribution >= 0.6 is 0 Å². The number of amides is 1. The predicted molar refractivity (Wildman–Crippen MR) is 88.3 cm³/mol. The van der Waals surface area contributed by atoms with E-state index in [0.717, 1.165) is 11.1 Å². The van der Waals surface area contributed by atoms with Crippen LogP contribution in [-0.4, -0.2) is 29.3 Å². The molecule has 7 heteroatoms. The molecule has 0 aliphatic rings. The van der Waals surface area contributed by atoms with Gasteiger partial charge in [0.05, 0.1) is 19.3 Å². The third-order valence-electron chi connectivity index (χ3n) is 3.56. The van der Waals surface area contributed by atoms with Crippen molar-refractivity contribution >= 4 is 16.9 Å². The number of benzene rings is 1. The summed E-state index contributed by atoms with van der Waals surface area (Å²) in [7, 11) is 1.55. The lowest BCUT2D eigenvalue weighted by Crippen LogP contribution is -2.31. The van der Waals surface area contributed by atoms with E-state index in [-0.39, 0.29) is 30.3 Å². The smallest absolute Gasteiger partial charge is 0.287 e. The van der Waals surface area contributed by atoms with E-state index in [2.05, 4.69) is 10.4 Å². The quantitative estimate of drug-likeness (QED) is 0.771. The van der Waals surface area contributed by atoms with Crippen molar-refractivity contribution in [2.24, 2.45) is 0 Å². The number of aromatic nitrogens is 2. The van der Waals surface area contributed by atoms with Crippen molar-refractivity contribution in [1.82, 2.24) is 15.1 Å². The first-order valence-electron chi connectivity index (χ1n) is 7.48. The van der Waals surface area contributed by atoms with Crippen molar-refractivity contribution in [3.63, 3.8) is 0 Å². The van der Waals surface area contributed by atoms with Crippen LogP contribution in [0, 0.1) is 6.92 Å². The zero-order chi connectivity index (χ0) is 17.1. The summed E-state index contributed by atoms with van der Waals surface area (Å²) in [5.74, 6) is 0.412. The number of furan rings is 1. The van der Waals surface area contributed by atoms with Crippen LogP contribution < -0.4 is 15.6 Å². The second-order valence-corrected chi connectivity index (χ2v) is 5.28. The molecule has 0 saturated heterocycles. The lowest BCUT2D eigenvalue weighted by Gasteiger charge is -2.06. The Kier molecular flexibility index (Phi) is 4.33. The highest BCUT2D eigenvalue weighted by Gasteiger charge is 2.14. The molecule has 0 bridgehead atoms. The highest BCUT2D eigenvalue weighted by Crippen LogP contribution is 2.28. The van der Waals surface area contributed by atoms with E-state index >= 15 is 0 Å². The first-order chi connectivity index (χ1) is 11.6. The summed E-state index contributed by atoms with van der Waals surface area (Å²) in [5.41, 5.74) is 1.07. The fraction of sp³-hybridized carbons (Fsp3) is 0.235. The SMILES string of the molecule is COc1cccc2cc(C(=O)NCCn3nc(C)ccc3=O)oc12. The van der Waals surface area contributed by atoms with Crippen LogP contribution in [0.1, 0.15) is 16.2 Å². The van der Waals surface area contributed by atoms with E-state index in [1.54, 1.807) is 32.2 Å². The van der Waals surface area contributed by atoms with Gasteiger partial charge < -0.3 is 14.5 Å². The van der Waals surface area contributed by atoms with E-state index in [1.165, 1.54) is 10.7 Å². The van der Waals surface area contributed by atoms with Crippen molar-refractivity contribution in [2.45, 2.75) is 13.5 Å². The summed E-state index contributed by atoms with van der Waals surface area (Å²) >= 11 is 0. The van der Waals surface area contributed by atoms with Gasteiger partial charge in [0, 0.05) is 18.0 Å². The average molecular weight is 327 g/mol. The number of nitrogens with zero attached hydrogens (tertiary/aromatic N) is 2. The molecule has 0 spiro atoms. The Balaban J connectivity index is 1.69. The van der Waals surface area contributed by atoms with E-state index in [1.807, 2.05) is 12.1 Å². The average Bonchev–Trinajstić information content (AvgIpc) is 3.02. The number of hydrogen-bond acceptors (Lipinski definition) is 5. The van der Waals surface area contributed by atoms with Crippen LogP contribution in [0.4, 0.5) is 0 Å². The predicted octanol–water partition coefficient (Wildman–Crippen LogP) is 1.74. The van der Waals surface area contributed by atoms with Gasteiger partial charge in [-0.1, -0.05) is 12.1 Å². The van der Waals surface area contributed by atoms with Gasteiger partial charge in [0.1, 0.15) is 0 Å². The van der Waals surface area contributed by atoms with E-state index in [0.29, 0.717) is 11.3 Å². The molecule has 0 aliphatic carbocycles. The molecule has 3 aromatic rings. The Morgan fingerprint density at radius 3 is 2.96 bits per heavy atom. The number of ether oxygens (including phenoxy) is 1. The van der Waals surface area contributed by atoms with Crippen LogP contribution in [0.25, 0.3) is 11.0 Å². The van der Waals surface area contributed by atoms with Crippen molar-refractivity contribution < 1.29 is 13.9 Å². The van der Waals surface area contributed by atoms with Gasteiger partial charge in [-0.15, -0.1) is 0 Å². The van der Waals surface area contributed by atoms with Crippen LogP contribution in [0.3, 0.4) is 0 Å². The molecule has 0 aliphatic heterocycles. The van der Waals surface area contributed by atoms with Gasteiger partial charge in [0.15, 0.2) is 17.1 Å². The summed E-state index contributed by atoms with van der Waals surface area (Å²) in [4.78, 5) is 23.9. The van der Waals surface area contributed by atoms with Crippen molar-refractivity contribution in [3.8, 4) is 5.75 Å². The summed E-state index contributed by atoms with van der Waals surface area (Å²) in [6.45, 7) is 2.36. The third kappa shape index (κ3) is 3.15. The minimum absolute atomic E-state index is 0.194. The monoisotopic (exact) mass is 327 g/mol. The standard InChI is InChI=1S/C17H17N3O4/c1-11-6-7-15(21)20(19-11)9-8-18-17(22)14-10-12-4-3-5-13(23-2)16(12)24-14/h3-7,10H,8-9H2,1-2H3,(H,18,22). The zero-order valence-corrected chi connectivity index (χ0v) is 13.4. The van der Waals surface area contributed by atoms with Crippen molar-refractivity contribution in [3.05, 3.63) is 58.2 Å². The summed E-state index contributed by atoms with van der Waals surface area (Å²) < 4.78 is 12.1. The molecule has 1 N–H and O–H groups in total. The molecule has 2 heterocycles. The van der Waals surface area contributed by atoms with E-state index in [9.17, 15) is 9.59 Å². The van der Waals surface area contributed by atoms with Crippen molar-refractivity contribution in [1.29, 1.82) is 0 Å². The highest BCUT2D eigenvalue weighted by molar-refractivity contribution is 5.97. The van der Waals surface area contributed by atoms with Gasteiger partial charge in [-0.3, -0.25) is 9.59 Å². The van der Waals surface area contributed by atoms with Gasteiger partial charge in [-0.05, 0) is 25.1 Å². The third-order valence-corrected chi connectivity index (χ3v) is 3.56. The Bertz CT molecular complexity index is 942. The molecule has 1 aromatic carbocycles. The molecule has 1 amide bonds. The second kappa shape index (κ2) is 6.57. The molecule has 3 rings (SSSR count). The maximum Gasteiger partial charge on any atom is 0.287 e. The van der Waals surface area contributed by atoms with E-state index < -0.39 is 0 Å². The molecular formula is C17H17N3O4. The molecule has 2 aromatic heterocycles. The minimum Gasteiger partial charge on any atom is -0.493 e. The Hall–Kier alpha value is -3.09. The van der Waals surface area contributed by atoms with Gasteiger partial charge in [0.2, 0.25) is 0 Å². The number of nitrogens with one attached hydrogen (secondary N) is 1. The van der Waals surface area contributed by atoms with Gasteiger partial charge >= 0.3 is 0 Å². The molecule has 0 atom stereocenters. The van der Waals surface area contributed by atoms with Crippen LogP contribution in [0.2, 0.25) is 0 Å². The lowest BCUT2D eigenvalue weighted by atomic mass is 10.2. The zero-order valence-electron chi connectivity index (χ0n) is 13.4. The van der Waals surface area contributed by atoms with Crippen molar-refractivity contribution in [2.75, 3.05) is 13.7 Å². The minimum atomic E-state index is -0.353. The summed E-state index contributed by atoms with van der Waals surface area (Å²) in [6.07, 6.45) is 0. The second-order valence-electron chi connectivity index (χ2n) is 5.28. The molecule has 0 radical (unpaired) electrons. The molecule has 0 saturated carbocycles. The number of fused-ring (bicyclic) bond motifs is 1. The maximum absolute atomic E-state index is 12.2. The van der Waals surface area contributed by atoms with Gasteiger partial charge in [0.25, 0.3) is 11.5 Å². The number of aryl methyl sites for hydroxylation is 1. The van der Waals surface area contributed by atoms with Crippen LogP contribution in [0.5, 0.6) is 5.75 Å². The number of carbonyl (C=O) groups is 1. The largest absolute Gasteiger partial charge is 0.493 e. The number of rotatable bonds is 5. The normalized spacial score (nSPS) is 10.8. The molecule has 0 unspecified atom stereocenters. The van der Waals surface area contributed by atoms with Gasteiger partial charge in [-0.25, -0.2) is 4.68 Å². The number of methoxy groups -OCH3 is 1. The van der Waals surface area contributed by atoms with Crippen LogP contribution in [0.15, 0.2) is 45.6 Å². The van der Waals surface area contributed by atoms with Gasteiger partial charge in [-0.2, -0.15) is 5.10 Å². The highest BCUT2D eigenvalue weighted by atomic mass is 16.5. The molecule has 24 heavy (non-hydrogen) atoms. The first-order valence-corrected chi connectivity index (χ1v) is 7.48. The number of carbonyl (C=O) groups excluding carboxylic acids is 1. The lowest BCUT2D eigenvalue weighted by molar-refractivity contribution is 0.0926. The number of para-hydroxylation sites is 1. The maximum atomic E-state index is 12.2. The molecule has 0 fully saturated rings. The Morgan fingerprint density at radius 1 is 1.33 bits per heavy atom. The number of hydrogen-bond donors (Lipinski definition) is 1. The summed E-state index contributed by atoms with van der Waals surface area (Å²) in [5, 5.41) is 7.62. The fourth-order valence-corrected chi connectivity index (χ4v) is 2.38.